The molecule has 136 valence electrons. The summed E-state index contributed by atoms with van der Waals surface area (Å²) in [6, 6.07) is 5.03. The maximum Gasteiger partial charge on any atom is 0.257 e. The third-order valence-electron chi connectivity index (χ3n) is 4.03. The fourth-order valence-electron chi connectivity index (χ4n) is 2.67. The highest BCUT2D eigenvalue weighted by Crippen LogP contribution is 2.24. The van der Waals surface area contributed by atoms with Gasteiger partial charge in [-0.25, -0.2) is 9.97 Å². The molecule has 0 spiro atoms. The Kier molecular flexibility index (Phi) is 5.58. The minimum atomic E-state index is -0.148. The van der Waals surface area contributed by atoms with Gasteiger partial charge in [-0.1, -0.05) is 23.2 Å². The van der Waals surface area contributed by atoms with Crippen LogP contribution in [0, 0.1) is 0 Å². The van der Waals surface area contributed by atoms with Gasteiger partial charge in [-0.3, -0.25) is 9.59 Å². The number of hydrogen-bond donors (Lipinski definition) is 1. The summed E-state index contributed by atoms with van der Waals surface area (Å²) in [5.74, 6) is 0.212. The molecular formula is C17H17Cl2N5O2. The first kappa shape index (κ1) is 18.4. The van der Waals surface area contributed by atoms with Crippen LogP contribution in [0.25, 0.3) is 0 Å². The van der Waals surface area contributed by atoms with Gasteiger partial charge in [0.25, 0.3) is 5.91 Å². The van der Waals surface area contributed by atoms with Crippen LogP contribution >= 0.6 is 23.2 Å². The second-order valence-electron chi connectivity index (χ2n) is 5.88. The molecule has 1 aromatic carbocycles. The number of carbonyl (C=O) groups is 2. The quantitative estimate of drug-likeness (QED) is 0.866. The molecular weight excluding hydrogens is 377 g/mol. The van der Waals surface area contributed by atoms with E-state index in [2.05, 4.69) is 15.3 Å². The second kappa shape index (κ2) is 7.88. The Morgan fingerprint density at radius 1 is 0.962 bits per heavy atom. The number of rotatable bonds is 3. The van der Waals surface area contributed by atoms with E-state index in [0.29, 0.717) is 53.4 Å². The standard InChI is InChI=1S/C17H17Cl2N5O2/c1-11(25)23-2-4-24(5-3-23)16(26)12-9-20-17(21-10-12)22-15-7-13(18)6-14(19)8-15/h6-10H,2-5H2,1H3,(H,20,21,22). The van der Waals surface area contributed by atoms with Crippen molar-refractivity contribution >= 4 is 46.7 Å². The SMILES string of the molecule is CC(=O)N1CCN(C(=O)c2cnc(Nc3cc(Cl)cc(Cl)c3)nc2)CC1. The molecule has 2 aromatic rings. The average Bonchev–Trinajstić information content (AvgIpc) is 2.61. The van der Waals surface area contributed by atoms with Crippen molar-refractivity contribution in [2.45, 2.75) is 6.92 Å². The van der Waals surface area contributed by atoms with Crippen molar-refractivity contribution < 1.29 is 9.59 Å². The number of amides is 2. The fraction of sp³-hybridized carbons (Fsp3) is 0.294. The largest absolute Gasteiger partial charge is 0.339 e. The normalized spacial score (nSPS) is 14.3. The van der Waals surface area contributed by atoms with E-state index >= 15 is 0 Å². The lowest BCUT2D eigenvalue weighted by Crippen LogP contribution is -2.50. The molecule has 0 bridgehead atoms. The maximum absolute atomic E-state index is 12.5. The van der Waals surface area contributed by atoms with E-state index in [0.717, 1.165) is 0 Å². The van der Waals surface area contributed by atoms with Crippen molar-refractivity contribution in [3.8, 4) is 0 Å². The minimum Gasteiger partial charge on any atom is -0.339 e. The Hall–Kier alpha value is -2.38. The van der Waals surface area contributed by atoms with Crippen LogP contribution in [0.15, 0.2) is 30.6 Å². The van der Waals surface area contributed by atoms with E-state index in [4.69, 9.17) is 23.2 Å². The molecule has 1 aromatic heterocycles. The molecule has 0 aliphatic carbocycles. The summed E-state index contributed by atoms with van der Waals surface area (Å²) in [7, 11) is 0. The summed E-state index contributed by atoms with van der Waals surface area (Å²) in [6.07, 6.45) is 2.95. The van der Waals surface area contributed by atoms with Crippen LogP contribution in [0.1, 0.15) is 17.3 Å². The van der Waals surface area contributed by atoms with Crippen LogP contribution in [-0.4, -0.2) is 57.8 Å². The van der Waals surface area contributed by atoms with Gasteiger partial charge in [-0.15, -0.1) is 0 Å². The van der Waals surface area contributed by atoms with Crippen LogP contribution in [0.4, 0.5) is 11.6 Å². The molecule has 1 aliphatic rings. The zero-order valence-electron chi connectivity index (χ0n) is 14.1. The number of nitrogens with zero attached hydrogens (tertiary/aromatic N) is 4. The van der Waals surface area contributed by atoms with Crippen molar-refractivity contribution in [2.24, 2.45) is 0 Å². The molecule has 26 heavy (non-hydrogen) atoms. The molecule has 0 saturated carbocycles. The monoisotopic (exact) mass is 393 g/mol. The van der Waals surface area contributed by atoms with E-state index in [1.54, 1.807) is 28.0 Å². The summed E-state index contributed by atoms with van der Waals surface area (Å²) in [5, 5.41) is 3.98. The lowest BCUT2D eigenvalue weighted by atomic mass is 10.2. The number of carbonyl (C=O) groups excluding carboxylic acids is 2. The molecule has 3 rings (SSSR count). The second-order valence-corrected chi connectivity index (χ2v) is 6.75. The molecule has 9 heteroatoms. The Morgan fingerprint density at radius 2 is 1.50 bits per heavy atom. The van der Waals surface area contributed by atoms with Crippen LogP contribution in [-0.2, 0) is 4.79 Å². The predicted octanol–water partition coefficient (Wildman–Crippen LogP) is 2.83. The van der Waals surface area contributed by atoms with Gasteiger partial charge in [-0.2, -0.15) is 0 Å². The molecule has 0 radical (unpaired) electrons. The highest BCUT2D eigenvalue weighted by molar-refractivity contribution is 6.35. The highest BCUT2D eigenvalue weighted by Gasteiger charge is 2.23. The Morgan fingerprint density at radius 3 is 2.04 bits per heavy atom. The molecule has 7 nitrogen and oxygen atoms in total. The van der Waals surface area contributed by atoms with E-state index in [1.807, 2.05) is 0 Å². The summed E-state index contributed by atoms with van der Waals surface area (Å²) in [6.45, 7) is 3.61. The Balaban J connectivity index is 1.64. The first-order valence-corrected chi connectivity index (χ1v) is 8.78. The number of aromatic nitrogens is 2. The molecule has 0 unspecified atom stereocenters. The first-order chi connectivity index (χ1) is 12.4. The zero-order valence-corrected chi connectivity index (χ0v) is 15.6. The molecule has 0 atom stereocenters. The molecule has 2 amide bonds. The van der Waals surface area contributed by atoms with Crippen molar-refractivity contribution in [2.75, 3.05) is 31.5 Å². The summed E-state index contributed by atoms with van der Waals surface area (Å²) < 4.78 is 0. The number of piperazine rings is 1. The van der Waals surface area contributed by atoms with Crippen LogP contribution in [0.3, 0.4) is 0 Å². The summed E-state index contributed by atoms with van der Waals surface area (Å²) in [5.41, 5.74) is 1.05. The van der Waals surface area contributed by atoms with Crippen LogP contribution in [0.5, 0.6) is 0 Å². The zero-order chi connectivity index (χ0) is 18.7. The molecule has 2 heterocycles. The van der Waals surface area contributed by atoms with Crippen molar-refractivity contribution in [3.63, 3.8) is 0 Å². The van der Waals surface area contributed by atoms with Crippen LogP contribution in [0.2, 0.25) is 10.0 Å². The number of nitrogens with one attached hydrogen (secondary N) is 1. The third kappa shape index (κ3) is 4.42. The topological polar surface area (TPSA) is 78.4 Å². The van der Waals surface area contributed by atoms with E-state index in [1.165, 1.54) is 19.3 Å². The number of benzene rings is 1. The molecule has 1 saturated heterocycles. The van der Waals surface area contributed by atoms with Gasteiger partial charge in [0, 0.05) is 61.2 Å². The Bertz CT molecular complexity index is 800. The van der Waals surface area contributed by atoms with E-state index in [9.17, 15) is 9.59 Å². The van der Waals surface area contributed by atoms with Crippen molar-refractivity contribution in [1.82, 2.24) is 19.8 Å². The summed E-state index contributed by atoms with van der Waals surface area (Å²) >= 11 is 11.9. The molecule has 1 N–H and O–H groups in total. The number of anilines is 2. The average molecular weight is 394 g/mol. The lowest BCUT2D eigenvalue weighted by Gasteiger charge is -2.34. The predicted molar refractivity (Wildman–Crippen MR) is 99.9 cm³/mol. The maximum atomic E-state index is 12.5. The Labute approximate surface area is 160 Å². The molecule has 1 aliphatic heterocycles. The number of hydrogen-bond acceptors (Lipinski definition) is 5. The van der Waals surface area contributed by atoms with Gasteiger partial charge in [0.2, 0.25) is 11.9 Å². The van der Waals surface area contributed by atoms with Gasteiger partial charge in [0.1, 0.15) is 0 Å². The van der Waals surface area contributed by atoms with Crippen molar-refractivity contribution in [1.29, 1.82) is 0 Å². The number of halogens is 2. The van der Waals surface area contributed by atoms with Gasteiger partial charge >= 0.3 is 0 Å². The minimum absolute atomic E-state index is 0.0250. The van der Waals surface area contributed by atoms with Gasteiger partial charge in [-0.05, 0) is 18.2 Å². The van der Waals surface area contributed by atoms with Gasteiger partial charge in [0.05, 0.1) is 5.56 Å². The van der Waals surface area contributed by atoms with Gasteiger partial charge < -0.3 is 15.1 Å². The highest BCUT2D eigenvalue weighted by atomic mass is 35.5. The third-order valence-corrected chi connectivity index (χ3v) is 4.47. The van der Waals surface area contributed by atoms with E-state index in [-0.39, 0.29) is 11.8 Å². The van der Waals surface area contributed by atoms with Crippen LogP contribution < -0.4 is 5.32 Å². The van der Waals surface area contributed by atoms with E-state index < -0.39 is 0 Å². The summed E-state index contributed by atoms with van der Waals surface area (Å²) in [4.78, 5) is 35.6. The van der Waals surface area contributed by atoms with Gasteiger partial charge in [0.15, 0.2) is 0 Å². The fourth-order valence-corrected chi connectivity index (χ4v) is 3.19. The first-order valence-electron chi connectivity index (χ1n) is 8.02. The molecule has 1 fully saturated rings. The van der Waals surface area contributed by atoms with Crippen molar-refractivity contribution in [3.05, 3.63) is 46.2 Å². The smallest absolute Gasteiger partial charge is 0.257 e. The lowest BCUT2D eigenvalue weighted by molar-refractivity contribution is -0.130.